The van der Waals surface area contributed by atoms with Crippen LogP contribution in [0.1, 0.15) is 22.5 Å². The molecule has 2 aromatic heterocycles. The monoisotopic (exact) mass is 270 g/mol. The van der Waals surface area contributed by atoms with E-state index in [4.69, 9.17) is 5.73 Å². The number of likely N-dealkylation sites (N-methyl/N-ethyl adjacent to an activating group) is 1. The van der Waals surface area contributed by atoms with E-state index in [-0.39, 0.29) is 0 Å². The number of aromatic nitrogens is 2. The van der Waals surface area contributed by atoms with E-state index in [0.717, 1.165) is 47.7 Å². The van der Waals surface area contributed by atoms with Crippen molar-refractivity contribution in [3.8, 4) is 0 Å². The van der Waals surface area contributed by atoms with Gasteiger partial charge in [0.2, 0.25) is 0 Å². The largest absolute Gasteiger partial charge is 0.398 e. The number of nitrogens with two attached hydrogens (primary N) is 1. The summed E-state index contributed by atoms with van der Waals surface area (Å²) in [5.41, 5.74) is 11.2. The van der Waals surface area contributed by atoms with E-state index in [9.17, 15) is 0 Å². The zero-order valence-corrected chi connectivity index (χ0v) is 12.4. The molecular weight excluding hydrogens is 248 g/mol. The van der Waals surface area contributed by atoms with Crippen LogP contribution in [-0.4, -0.2) is 28.5 Å². The summed E-state index contributed by atoms with van der Waals surface area (Å²) in [5, 5.41) is 0. The summed E-state index contributed by atoms with van der Waals surface area (Å²) in [4.78, 5) is 11.1. The number of anilines is 1. The Kier molecular flexibility index (Phi) is 4.69. The lowest BCUT2D eigenvalue weighted by Gasteiger charge is -2.18. The summed E-state index contributed by atoms with van der Waals surface area (Å²) in [5.74, 6) is 0. The summed E-state index contributed by atoms with van der Waals surface area (Å²) >= 11 is 0. The zero-order chi connectivity index (χ0) is 14.5. The lowest BCUT2D eigenvalue weighted by Crippen LogP contribution is -2.22. The Morgan fingerprint density at radius 3 is 2.70 bits per heavy atom. The molecule has 0 amide bonds. The second-order valence-electron chi connectivity index (χ2n) is 5.24. The first-order valence-corrected chi connectivity index (χ1v) is 6.87. The van der Waals surface area contributed by atoms with Crippen LogP contribution in [0.15, 0.2) is 30.6 Å². The first kappa shape index (κ1) is 14.5. The second-order valence-corrected chi connectivity index (χ2v) is 5.24. The van der Waals surface area contributed by atoms with Crippen LogP contribution >= 0.6 is 0 Å². The highest BCUT2D eigenvalue weighted by molar-refractivity contribution is 5.53. The number of hydrogen-bond donors (Lipinski definition) is 1. The molecule has 0 radical (unpaired) electrons. The molecule has 0 aromatic carbocycles. The van der Waals surface area contributed by atoms with E-state index in [1.54, 1.807) is 0 Å². The van der Waals surface area contributed by atoms with E-state index in [1.165, 1.54) is 0 Å². The fraction of sp³-hybridized carbons (Fsp3) is 0.375. The molecule has 0 spiro atoms. The van der Waals surface area contributed by atoms with E-state index in [1.807, 2.05) is 38.4 Å². The predicted molar refractivity (Wildman–Crippen MR) is 82.4 cm³/mol. The number of pyridine rings is 2. The van der Waals surface area contributed by atoms with Gasteiger partial charge in [0.05, 0.1) is 5.69 Å². The van der Waals surface area contributed by atoms with Crippen molar-refractivity contribution in [1.82, 2.24) is 14.9 Å². The summed E-state index contributed by atoms with van der Waals surface area (Å²) < 4.78 is 0. The molecule has 0 aliphatic rings. The molecule has 0 aliphatic carbocycles. The third-order valence-corrected chi connectivity index (χ3v) is 3.57. The molecule has 0 unspecified atom stereocenters. The minimum atomic E-state index is 0.809. The predicted octanol–water partition coefficient (Wildman–Crippen LogP) is 2.35. The summed E-state index contributed by atoms with van der Waals surface area (Å²) in [6.07, 6.45) is 4.63. The Hall–Kier alpha value is -1.94. The van der Waals surface area contributed by atoms with Crippen LogP contribution in [0.2, 0.25) is 0 Å². The van der Waals surface area contributed by atoms with E-state index >= 15 is 0 Å². The molecule has 2 rings (SSSR count). The molecule has 106 valence electrons. The maximum Gasteiger partial charge on any atom is 0.0593 e. The topological polar surface area (TPSA) is 55.0 Å². The van der Waals surface area contributed by atoms with E-state index < -0.39 is 0 Å². The third kappa shape index (κ3) is 3.54. The Morgan fingerprint density at radius 1 is 1.20 bits per heavy atom. The lowest BCUT2D eigenvalue weighted by atomic mass is 10.1. The van der Waals surface area contributed by atoms with Crippen molar-refractivity contribution in [2.45, 2.75) is 26.8 Å². The second kappa shape index (κ2) is 6.48. The minimum absolute atomic E-state index is 0.809. The van der Waals surface area contributed by atoms with Crippen LogP contribution in [0, 0.1) is 13.8 Å². The normalized spacial score (nSPS) is 11.0. The SMILES string of the molecule is Cc1cnc(CN(C)CCc2ccccn2)c(C)c1N. The van der Waals surface area contributed by atoms with Crippen LogP contribution in [0.4, 0.5) is 5.69 Å². The minimum Gasteiger partial charge on any atom is -0.398 e. The van der Waals surface area contributed by atoms with Crippen LogP contribution in [0.25, 0.3) is 0 Å². The van der Waals surface area contributed by atoms with Gasteiger partial charge in [-0.05, 0) is 44.2 Å². The third-order valence-electron chi connectivity index (χ3n) is 3.57. The van der Waals surface area contributed by atoms with Gasteiger partial charge in [-0.3, -0.25) is 9.97 Å². The maximum absolute atomic E-state index is 6.05. The molecule has 20 heavy (non-hydrogen) atoms. The van der Waals surface area contributed by atoms with Crippen molar-refractivity contribution in [1.29, 1.82) is 0 Å². The molecule has 2 aromatic rings. The molecule has 0 atom stereocenters. The number of aryl methyl sites for hydroxylation is 1. The van der Waals surface area contributed by atoms with Gasteiger partial charge in [0.25, 0.3) is 0 Å². The van der Waals surface area contributed by atoms with Gasteiger partial charge in [0.1, 0.15) is 0 Å². The van der Waals surface area contributed by atoms with Crippen LogP contribution in [-0.2, 0) is 13.0 Å². The van der Waals surface area contributed by atoms with Crippen molar-refractivity contribution in [2.75, 3.05) is 19.3 Å². The number of rotatable bonds is 5. The van der Waals surface area contributed by atoms with Crippen molar-refractivity contribution in [2.24, 2.45) is 0 Å². The number of nitrogen functional groups attached to an aromatic ring is 1. The molecular formula is C16H22N4. The smallest absolute Gasteiger partial charge is 0.0593 e. The molecule has 0 bridgehead atoms. The highest BCUT2D eigenvalue weighted by atomic mass is 15.1. The highest BCUT2D eigenvalue weighted by Crippen LogP contribution is 2.18. The fourth-order valence-electron chi connectivity index (χ4n) is 2.14. The molecule has 2 heterocycles. The first-order valence-electron chi connectivity index (χ1n) is 6.87. The Morgan fingerprint density at radius 2 is 2.00 bits per heavy atom. The van der Waals surface area contributed by atoms with E-state index in [2.05, 4.69) is 28.0 Å². The Balaban J connectivity index is 1.95. The Bertz CT molecular complexity index is 566. The quantitative estimate of drug-likeness (QED) is 0.906. The van der Waals surface area contributed by atoms with Crippen molar-refractivity contribution < 1.29 is 0 Å². The summed E-state index contributed by atoms with van der Waals surface area (Å²) in [6.45, 7) is 5.79. The molecule has 0 saturated carbocycles. The number of nitrogens with zero attached hydrogens (tertiary/aromatic N) is 3. The zero-order valence-electron chi connectivity index (χ0n) is 12.4. The average Bonchev–Trinajstić information content (AvgIpc) is 2.47. The van der Waals surface area contributed by atoms with Crippen molar-refractivity contribution >= 4 is 5.69 Å². The summed E-state index contributed by atoms with van der Waals surface area (Å²) in [6, 6.07) is 6.02. The maximum atomic E-state index is 6.05. The molecule has 0 fully saturated rings. The van der Waals surface area contributed by atoms with E-state index in [0.29, 0.717) is 0 Å². The van der Waals surface area contributed by atoms with Crippen molar-refractivity contribution in [3.63, 3.8) is 0 Å². The average molecular weight is 270 g/mol. The van der Waals surface area contributed by atoms with Gasteiger partial charge in [-0.25, -0.2) is 0 Å². The van der Waals surface area contributed by atoms with Gasteiger partial charge < -0.3 is 10.6 Å². The van der Waals surface area contributed by atoms with Crippen LogP contribution in [0.3, 0.4) is 0 Å². The van der Waals surface area contributed by atoms with Gasteiger partial charge in [-0.2, -0.15) is 0 Å². The van der Waals surface area contributed by atoms with Crippen LogP contribution < -0.4 is 5.73 Å². The molecule has 4 nitrogen and oxygen atoms in total. The first-order chi connectivity index (χ1) is 9.58. The van der Waals surface area contributed by atoms with Gasteiger partial charge in [0.15, 0.2) is 0 Å². The molecule has 2 N–H and O–H groups in total. The fourth-order valence-corrected chi connectivity index (χ4v) is 2.14. The Labute approximate surface area is 120 Å². The van der Waals surface area contributed by atoms with Gasteiger partial charge >= 0.3 is 0 Å². The number of hydrogen-bond acceptors (Lipinski definition) is 4. The standard InChI is InChI=1S/C16H22N4/c1-12-10-19-15(13(2)16(12)17)11-20(3)9-7-14-6-4-5-8-18-14/h4-6,8,10H,7,9,11H2,1-3H3,(H2,17,19). The summed E-state index contributed by atoms with van der Waals surface area (Å²) in [7, 11) is 2.10. The van der Waals surface area contributed by atoms with Crippen molar-refractivity contribution in [3.05, 3.63) is 53.1 Å². The highest BCUT2D eigenvalue weighted by Gasteiger charge is 2.09. The molecule has 0 aliphatic heterocycles. The van der Waals surface area contributed by atoms with Gasteiger partial charge in [-0.1, -0.05) is 6.07 Å². The van der Waals surface area contributed by atoms with Gasteiger partial charge in [-0.15, -0.1) is 0 Å². The van der Waals surface area contributed by atoms with Crippen LogP contribution in [0.5, 0.6) is 0 Å². The lowest BCUT2D eigenvalue weighted by molar-refractivity contribution is 0.325. The van der Waals surface area contributed by atoms with Gasteiger partial charge in [0, 0.05) is 43.3 Å². The molecule has 0 saturated heterocycles. The molecule has 4 heteroatoms.